The van der Waals surface area contributed by atoms with Gasteiger partial charge in [0.1, 0.15) is 0 Å². The van der Waals surface area contributed by atoms with Gasteiger partial charge in [0.15, 0.2) is 0 Å². The Morgan fingerprint density at radius 2 is 2.07 bits per heavy atom. The lowest BCUT2D eigenvalue weighted by Gasteiger charge is -2.13. The molecule has 1 rings (SSSR count). The van der Waals surface area contributed by atoms with Crippen molar-refractivity contribution in [1.82, 2.24) is 10.2 Å². The number of hydrogen-bond donors (Lipinski definition) is 1. The third-order valence-corrected chi connectivity index (χ3v) is 2.08. The Balaban J connectivity index is 2.07. The summed E-state index contributed by atoms with van der Waals surface area (Å²) in [6.07, 6.45) is -4.34. The van der Waals surface area contributed by atoms with Gasteiger partial charge in [-0.3, -0.25) is 0 Å². The molecule has 0 unspecified atom stereocenters. The smallest absolute Gasteiger partial charge is 0.336 e. The first-order chi connectivity index (χ1) is 6.49. The van der Waals surface area contributed by atoms with Crippen molar-refractivity contribution < 1.29 is 18.0 Å². The van der Waals surface area contributed by atoms with Gasteiger partial charge >= 0.3 is 12.2 Å². The molecular weight excluding hydrogens is 197 g/mol. The minimum absolute atomic E-state index is 0.0906. The quantitative estimate of drug-likeness (QED) is 0.704. The van der Waals surface area contributed by atoms with Crippen molar-refractivity contribution in [2.75, 3.05) is 19.6 Å². The first kappa shape index (κ1) is 11.1. The monoisotopic (exact) mass is 210 g/mol. The van der Waals surface area contributed by atoms with Crippen LogP contribution >= 0.6 is 0 Å². The molecule has 0 atom stereocenters. The van der Waals surface area contributed by atoms with E-state index < -0.39 is 12.6 Å². The van der Waals surface area contributed by atoms with E-state index in [0.29, 0.717) is 26.1 Å². The van der Waals surface area contributed by atoms with E-state index in [1.807, 2.05) is 0 Å². The molecule has 1 saturated heterocycles. The highest BCUT2D eigenvalue weighted by Crippen LogP contribution is 2.22. The van der Waals surface area contributed by atoms with E-state index in [2.05, 4.69) is 5.32 Å². The number of amides is 2. The van der Waals surface area contributed by atoms with Gasteiger partial charge in [0.25, 0.3) is 0 Å². The summed E-state index contributed by atoms with van der Waals surface area (Å²) in [4.78, 5) is 12.5. The standard InChI is InChI=1S/C8H13F3N2O/c9-8(10,11)3-1-2-5-13-6-4-12-7(13)14/h1-6H2,(H,12,14). The molecule has 1 N–H and O–H groups in total. The fourth-order valence-electron chi connectivity index (χ4n) is 1.35. The van der Waals surface area contributed by atoms with E-state index in [4.69, 9.17) is 0 Å². The Kier molecular flexibility index (Phi) is 3.60. The first-order valence-electron chi connectivity index (χ1n) is 4.58. The van der Waals surface area contributed by atoms with Gasteiger partial charge in [-0.25, -0.2) is 4.79 Å². The van der Waals surface area contributed by atoms with Crippen LogP contribution in [0.15, 0.2) is 0 Å². The highest BCUT2D eigenvalue weighted by molar-refractivity contribution is 5.76. The minimum Gasteiger partial charge on any atom is -0.336 e. The van der Waals surface area contributed by atoms with Gasteiger partial charge in [-0.2, -0.15) is 13.2 Å². The third-order valence-electron chi connectivity index (χ3n) is 2.08. The van der Waals surface area contributed by atoms with Crippen molar-refractivity contribution in [2.45, 2.75) is 25.4 Å². The number of alkyl halides is 3. The molecule has 0 aromatic rings. The Hall–Kier alpha value is -0.940. The van der Waals surface area contributed by atoms with Crippen molar-refractivity contribution in [1.29, 1.82) is 0 Å². The topological polar surface area (TPSA) is 32.3 Å². The Morgan fingerprint density at radius 1 is 1.36 bits per heavy atom. The molecule has 1 fully saturated rings. The second-order valence-electron chi connectivity index (χ2n) is 3.29. The molecule has 0 spiro atoms. The summed E-state index contributed by atoms with van der Waals surface area (Å²) < 4.78 is 35.2. The summed E-state index contributed by atoms with van der Waals surface area (Å²) in [7, 11) is 0. The fourth-order valence-corrected chi connectivity index (χ4v) is 1.35. The van der Waals surface area contributed by atoms with Crippen LogP contribution in [0.1, 0.15) is 19.3 Å². The summed E-state index contributed by atoms with van der Waals surface area (Å²) in [5.74, 6) is 0. The molecule has 0 saturated carbocycles. The summed E-state index contributed by atoms with van der Waals surface area (Å²) in [6, 6.07) is -0.169. The number of rotatable bonds is 4. The molecule has 0 radical (unpaired) electrons. The molecule has 82 valence electrons. The molecule has 0 aromatic heterocycles. The number of hydrogen-bond acceptors (Lipinski definition) is 1. The van der Waals surface area contributed by atoms with Crippen LogP contribution in [0.5, 0.6) is 0 Å². The van der Waals surface area contributed by atoms with Gasteiger partial charge in [-0.05, 0) is 12.8 Å². The zero-order chi connectivity index (χ0) is 10.6. The van der Waals surface area contributed by atoms with E-state index in [1.165, 1.54) is 4.90 Å². The Bertz CT molecular complexity index is 205. The molecule has 0 aromatic carbocycles. The maximum Gasteiger partial charge on any atom is 0.389 e. The molecule has 0 bridgehead atoms. The van der Waals surface area contributed by atoms with Crippen molar-refractivity contribution in [3.63, 3.8) is 0 Å². The zero-order valence-electron chi connectivity index (χ0n) is 7.73. The molecule has 0 aliphatic carbocycles. The summed E-state index contributed by atoms with van der Waals surface area (Å²) in [6.45, 7) is 1.62. The predicted molar refractivity (Wildman–Crippen MR) is 44.9 cm³/mol. The van der Waals surface area contributed by atoms with Crippen LogP contribution in [-0.2, 0) is 0 Å². The van der Waals surface area contributed by atoms with Crippen LogP contribution in [0, 0.1) is 0 Å². The van der Waals surface area contributed by atoms with E-state index >= 15 is 0 Å². The Morgan fingerprint density at radius 3 is 2.57 bits per heavy atom. The maximum absolute atomic E-state index is 11.7. The van der Waals surface area contributed by atoms with E-state index in [1.54, 1.807) is 0 Å². The number of carbonyl (C=O) groups excluding carboxylic acids is 1. The van der Waals surface area contributed by atoms with Crippen LogP contribution in [-0.4, -0.2) is 36.7 Å². The summed E-state index contributed by atoms with van der Waals surface area (Å²) in [5.41, 5.74) is 0. The zero-order valence-corrected chi connectivity index (χ0v) is 7.73. The number of unbranched alkanes of at least 4 members (excludes halogenated alkanes) is 1. The van der Waals surface area contributed by atoms with E-state index in [0.717, 1.165) is 0 Å². The molecule has 6 heteroatoms. The van der Waals surface area contributed by atoms with E-state index in [9.17, 15) is 18.0 Å². The van der Waals surface area contributed by atoms with Crippen molar-refractivity contribution >= 4 is 6.03 Å². The lowest BCUT2D eigenvalue weighted by atomic mass is 10.2. The Labute approximate surface area is 80.3 Å². The highest BCUT2D eigenvalue weighted by atomic mass is 19.4. The number of carbonyl (C=O) groups is 1. The fraction of sp³-hybridized carbons (Fsp3) is 0.875. The molecule has 1 heterocycles. The SMILES string of the molecule is O=C1NCCN1CCCCC(F)(F)F. The first-order valence-corrected chi connectivity index (χ1v) is 4.58. The van der Waals surface area contributed by atoms with E-state index in [-0.39, 0.29) is 12.5 Å². The predicted octanol–water partition coefficient (Wildman–Crippen LogP) is 1.74. The molecule has 14 heavy (non-hydrogen) atoms. The number of halogens is 3. The summed E-state index contributed by atoms with van der Waals surface area (Å²) >= 11 is 0. The molecule has 3 nitrogen and oxygen atoms in total. The largest absolute Gasteiger partial charge is 0.389 e. The molecule has 1 aliphatic rings. The van der Waals surface area contributed by atoms with Crippen LogP contribution in [0.25, 0.3) is 0 Å². The highest BCUT2D eigenvalue weighted by Gasteiger charge is 2.26. The molecule has 2 amide bonds. The minimum atomic E-state index is -4.08. The normalized spacial score (nSPS) is 17.4. The van der Waals surface area contributed by atoms with Crippen LogP contribution in [0.2, 0.25) is 0 Å². The third kappa shape index (κ3) is 3.85. The number of urea groups is 1. The lowest BCUT2D eigenvalue weighted by molar-refractivity contribution is -0.135. The second-order valence-corrected chi connectivity index (χ2v) is 3.29. The van der Waals surface area contributed by atoms with Crippen molar-refractivity contribution in [3.05, 3.63) is 0 Å². The van der Waals surface area contributed by atoms with Gasteiger partial charge in [0, 0.05) is 26.1 Å². The average Bonchev–Trinajstić information content (AvgIpc) is 2.44. The van der Waals surface area contributed by atoms with Gasteiger partial charge in [0.2, 0.25) is 0 Å². The van der Waals surface area contributed by atoms with Crippen LogP contribution in [0.4, 0.5) is 18.0 Å². The van der Waals surface area contributed by atoms with Crippen LogP contribution in [0.3, 0.4) is 0 Å². The van der Waals surface area contributed by atoms with Crippen molar-refractivity contribution in [3.8, 4) is 0 Å². The second kappa shape index (κ2) is 4.52. The number of nitrogens with zero attached hydrogens (tertiary/aromatic N) is 1. The number of nitrogens with one attached hydrogen (secondary N) is 1. The molecular formula is C8H13F3N2O. The van der Waals surface area contributed by atoms with Crippen molar-refractivity contribution in [2.24, 2.45) is 0 Å². The average molecular weight is 210 g/mol. The van der Waals surface area contributed by atoms with Gasteiger partial charge in [0.05, 0.1) is 0 Å². The maximum atomic E-state index is 11.7. The van der Waals surface area contributed by atoms with Crippen LogP contribution < -0.4 is 5.32 Å². The van der Waals surface area contributed by atoms with Gasteiger partial charge < -0.3 is 10.2 Å². The lowest BCUT2D eigenvalue weighted by Crippen LogP contribution is -2.29. The summed E-state index contributed by atoms with van der Waals surface area (Å²) in [5, 5.41) is 2.59. The van der Waals surface area contributed by atoms with Gasteiger partial charge in [-0.15, -0.1) is 0 Å². The molecule has 1 aliphatic heterocycles. The van der Waals surface area contributed by atoms with Gasteiger partial charge in [-0.1, -0.05) is 0 Å².